The van der Waals surface area contributed by atoms with E-state index in [1.54, 1.807) is 12.3 Å². The molecule has 104 valence electrons. The first-order valence-corrected chi connectivity index (χ1v) is 6.88. The number of rotatable bonds is 5. The minimum atomic E-state index is 0.552. The van der Waals surface area contributed by atoms with Crippen molar-refractivity contribution in [1.82, 2.24) is 15.1 Å². The Balaban J connectivity index is 1.93. The summed E-state index contributed by atoms with van der Waals surface area (Å²) in [6.07, 6.45) is 5.38. The molecule has 0 atom stereocenters. The lowest BCUT2D eigenvalue weighted by atomic mass is 10.2. The summed E-state index contributed by atoms with van der Waals surface area (Å²) in [4.78, 5) is 0. The maximum Gasteiger partial charge on any atom is 0.171 e. The summed E-state index contributed by atoms with van der Waals surface area (Å²) in [5, 5.41) is 11.6. The molecule has 0 aliphatic carbocycles. The molecule has 0 bridgehead atoms. The normalized spacial score (nSPS) is 10.1. The Hall–Kier alpha value is -1.85. The largest absolute Gasteiger partial charge is 0.359 e. The topological polar surface area (TPSA) is 41.9 Å². The lowest BCUT2D eigenvalue weighted by molar-refractivity contribution is 0.687. The van der Waals surface area contributed by atoms with Crippen molar-refractivity contribution in [2.75, 3.05) is 11.9 Å². The van der Waals surface area contributed by atoms with Crippen LogP contribution in [0.1, 0.15) is 5.56 Å². The van der Waals surface area contributed by atoms with Gasteiger partial charge in [-0.15, -0.1) is 6.58 Å². The standard InChI is InChI=1S/C14H15ClN4S/c1-2-7-16-14(20)18-13-8-17-19(10-13)9-11-3-5-12(15)6-4-11/h2-6,8,10H,1,7,9H2,(H2,16,18,20). The van der Waals surface area contributed by atoms with Crippen molar-refractivity contribution in [2.24, 2.45) is 0 Å². The van der Waals surface area contributed by atoms with Gasteiger partial charge >= 0.3 is 0 Å². The molecule has 0 aliphatic rings. The Labute approximate surface area is 128 Å². The number of halogens is 1. The van der Waals surface area contributed by atoms with Crippen molar-refractivity contribution in [3.63, 3.8) is 0 Å². The smallest absolute Gasteiger partial charge is 0.171 e. The van der Waals surface area contributed by atoms with Crippen LogP contribution >= 0.6 is 23.8 Å². The summed E-state index contributed by atoms with van der Waals surface area (Å²) in [6.45, 7) is 4.94. The van der Waals surface area contributed by atoms with Gasteiger partial charge in [0.2, 0.25) is 0 Å². The number of hydrogen-bond acceptors (Lipinski definition) is 2. The van der Waals surface area contributed by atoms with Crippen LogP contribution in [0.15, 0.2) is 49.3 Å². The van der Waals surface area contributed by atoms with Crippen LogP contribution in [0.3, 0.4) is 0 Å². The van der Waals surface area contributed by atoms with Gasteiger partial charge in [-0.25, -0.2) is 0 Å². The molecular formula is C14H15ClN4S. The molecule has 6 heteroatoms. The highest BCUT2D eigenvalue weighted by atomic mass is 35.5. The van der Waals surface area contributed by atoms with Gasteiger partial charge in [-0.3, -0.25) is 4.68 Å². The third kappa shape index (κ3) is 4.36. The SMILES string of the molecule is C=CCNC(=S)Nc1cnn(Cc2ccc(Cl)cc2)c1. The molecule has 2 N–H and O–H groups in total. The second-order valence-corrected chi connectivity index (χ2v) is 5.02. The third-order valence-electron chi connectivity index (χ3n) is 2.56. The van der Waals surface area contributed by atoms with E-state index >= 15 is 0 Å². The second kappa shape index (κ2) is 7.07. The predicted octanol–water partition coefficient (Wildman–Crippen LogP) is 3.06. The van der Waals surface area contributed by atoms with Gasteiger partial charge in [-0.1, -0.05) is 29.8 Å². The zero-order valence-electron chi connectivity index (χ0n) is 10.8. The van der Waals surface area contributed by atoms with E-state index in [4.69, 9.17) is 23.8 Å². The fourth-order valence-electron chi connectivity index (χ4n) is 1.63. The lowest BCUT2D eigenvalue weighted by Gasteiger charge is -2.06. The van der Waals surface area contributed by atoms with Crippen molar-refractivity contribution in [3.05, 3.63) is 59.9 Å². The Bertz CT molecular complexity index is 591. The Morgan fingerprint density at radius 2 is 2.15 bits per heavy atom. The number of nitrogens with zero attached hydrogens (tertiary/aromatic N) is 2. The van der Waals surface area contributed by atoms with Crippen LogP contribution in [-0.2, 0) is 6.54 Å². The highest BCUT2D eigenvalue weighted by Gasteiger charge is 2.01. The van der Waals surface area contributed by atoms with Crippen LogP contribution in [0.2, 0.25) is 5.02 Å². The van der Waals surface area contributed by atoms with Crippen molar-refractivity contribution < 1.29 is 0 Å². The highest BCUT2D eigenvalue weighted by Crippen LogP contribution is 2.12. The molecule has 1 heterocycles. The van der Waals surface area contributed by atoms with Crippen LogP contribution in [0, 0.1) is 0 Å². The predicted molar refractivity (Wildman–Crippen MR) is 87.2 cm³/mol. The molecule has 2 rings (SSSR count). The maximum absolute atomic E-state index is 5.86. The summed E-state index contributed by atoms with van der Waals surface area (Å²) < 4.78 is 1.84. The Morgan fingerprint density at radius 1 is 1.40 bits per heavy atom. The summed E-state index contributed by atoms with van der Waals surface area (Å²) in [6, 6.07) is 7.70. The molecule has 2 aromatic rings. The molecule has 20 heavy (non-hydrogen) atoms. The van der Waals surface area contributed by atoms with E-state index in [9.17, 15) is 0 Å². The van der Waals surface area contributed by atoms with E-state index in [1.807, 2.05) is 35.1 Å². The van der Waals surface area contributed by atoms with Crippen molar-refractivity contribution in [2.45, 2.75) is 6.54 Å². The average molecular weight is 307 g/mol. The van der Waals surface area contributed by atoms with Crippen LogP contribution in [-0.4, -0.2) is 21.4 Å². The van der Waals surface area contributed by atoms with E-state index < -0.39 is 0 Å². The van der Waals surface area contributed by atoms with Crippen LogP contribution in [0.25, 0.3) is 0 Å². The van der Waals surface area contributed by atoms with Crippen LogP contribution < -0.4 is 10.6 Å². The number of aromatic nitrogens is 2. The number of anilines is 1. The van der Waals surface area contributed by atoms with Gasteiger partial charge in [0, 0.05) is 17.8 Å². The zero-order valence-corrected chi connectivity index (χ0v) is 12.4. The molecule has 1 aromatic heterocycles. The first-order valence-electron chi connectivity index (χ1n) is 6.10. The number of nitrogens with one attached hydrogen (secondary N) is 2. The minimum absolute atomic E-state index is 0.552. The molecule has 0 fully saturated rings. The van der Waals surface area contributed by atoms with Gasteiger partial charge in [0.15, 0.2) is 5.11 Å². The van der Waals surface area contributed by atoms with Gasteiger partial charge in [-0.05, 0) is 29.9 Å². The van der Waals surface area contributed by atoms with Crippen molar-refractivity contribution >= 4 is 34.6 Å². The first-order chi connectivity index (χ1) is 9.67. The average Bonchev–Trinajstić information content (AvgIpc) is 2.86. The van der Waals surface area contributed by atoms with Gasteiger partial charge in [-0.2, -0.15) is 5.10 Å². The van der Waals surface area contributed by atoms with E-state index in [-0.39, 0.29) is 0 Å². The molecule has 0 aliphatic heterocycles. The number of thiocarbonyl (C=S) groups is 1. The number of benzene rings is 1. The lowest BCUT2D eigenvalue weighted by Crippen LogP contribution is -2.28. The van der Waals surface area contributed by atoms with Gasteiger partial charge < -0.3 is 10.6 Å². The van der Waals surface area contributed by atoms with Gasteiger partial charge in [0.1, 0.15) is 0 Å². The Kier molecular flexibility index (Phi) is 5.15. The molecule has 0 spiro atoms. The number of hydrogen-bond donors (Lipinski definition) is 2. The highest BCUT2D eigenvalue weighted by molar-refractivity contribution is 7.80. The molecular weight excluding hydrogens is 292 g/mol. The van der Waals surface area contributed by atoms with Crippen molar-refractivity contribution in [3.8, 4) is 0 Å². The molecule has 0 saturated heterocycles. The zero-order chi connectivity index (χ0) is 14.4. The molecule has 0 radical (unpaired) electrons. The fraction of sp³-hybridized carbons (Fsp3) is 0.143. The van der Waals surface area contributed by atoms with Crippen LogP contribution in [0.5, 0.6) is 0 Å². The van der Waals surface area contributed by atoms with Crippen molar-refractivity contribution in [1.29, 1.82) is 0 Å². The van der Waals surface area contributed by atoms with E-state index in [0.29, 0.717) is 18.2 Å². The monoisotopic (exact) mass is 306 g/mol. The summed E-state index contributed by atoms with van der Waals surface area (Å²) in [5.74, 6) is 0. The molecule has 1 aromatic carbocycles. The van der Waals surface area contributed by atoms with E-state index in [0.717, 1.165) is 16.3 Å². The Morgan fingerprint density at radius 3 is 2.85 bits per heavy atom. The maximum atomic E-state index is 5.86. The van der Waals surface area contributed by atoms with Gasteiger partial charge in [0.25, 0.3) is 0 Å². The van der Waals surface area contributed by atoms with E-state index in [1.165, 1.54) is 0 Å². The second-order valence-electron chi connectivity index (χ2n) is 4.18. The molecule has 4 nitrogen and oxygen atoms in total. The summed E-state index contributed by atoms with van der Waals surface area (Å²) in [5.41, 5.74) is 1.98. The minimum Gasteiger partial charge on any atom is -0.359 e. The summed E-state index contributed by atoms with van der Waals surface area (Å²) in [7, 11) is 0. The molecule has 0 saturated carbocycles. The quantitative estimate of drug-likeness (QED) is 0.658. The first kappa shape index (κ1) is 14.6. The fourth-order valence-corrected chi connectivity index (χ4v) is 1.96. The third-order valence-corrected chi connectivity index (χ3v) is 3.05. The molecule has 0 unspecified atom stereocenters. The molecule has 0 amide bonds. The van der Waals surface area contributed by atoms with E-state index in [2.05, 4.69) is 22.3 Å². The van der Waals surface area contributed by atoms with Gasteiger partial charge in [0.05, 0.1) is 18.4 Å². The van der Waals surface area contributed by atoms with Crippen LogP contribution in [0.4, 0.5) is 5.69 Å². The summed E-state index contributed by atoms with van der Waals surface area (Å²) >= 11 is 11.0.